The molecule has 0 saturated carbocycles. The van der Waals surface area contributed by atoms with Crippen molar-refractivity contribution in [2.24, 2.45) is 0 Å². The maximum atomic E-state index is 12.8. The van der Waals surface area contributed by atoms with Crippen molar-refractivity contribution in [1.82, 2.24) is 0 Å². The molecule has 0 bridgehead atoms. The van der Waals surface area contributed by atoms with Gasteiger partial charge in [-0.2, -0.15) is 0 Å². The van der Waals surface area contributed by atoms with Crippen LogP contribution in [0.3, 0.4) is 0 Å². The molecular formula is C21H26N2O5S2. The molecule has 9 heteroatoms. The van der Waals surface area contributed by atoms with Gasteiger partial charge in [-0.1, -0.05) is 12.1 Å². The van der Waals surface area contributed by atoms with Crippen molar-refractivity contribution in [2.45, 2.75) is 39.5 Å². The lowest BCUT2D eigenvalue weighted by atomic mass is 9.95. The molecule has 0 atom stereocenters. The molecule has 1 aromatic heterocycles. The molecule has 162 valence electrons. The normalized spacial score (nSPS) is 13.4. The van der Waals surface area contributed by atoms with Crippen molar-refractivity contribution in [3.05, 3.63) is 45.8 Å². The predicted molar refractivity (Wildman–Crippen MR) is 119 cm³/mol. The van der Waals surface area contributed by atoms with Crippen molar-refractivity contribution in [3.63, 3.8) is 0 Å². The van der Waals surface area contributed by atoms with Crippen molar-refractivity contribution >= 4 is 43.9 Å². The van der Waals surface area contributed by atoms with Crippen LogP contribution < -0.4 is 9.62 Å². The Morgan fingerprint density at radius 2 is 1.97 bits per heavy atom. The Labute approximate surface area is 181 Å². The lowest BCUT2D eigenvalue weighted by Gasteiger charge is -2.22. The molecule has 1 aromatic carbocycles. The van der Waals surface area contributed by atoms with Gasteiger partial charge in [0.05, 0.1) is 24.1 Å². The van der Waals surface area contributed by atoms with Crippen molar-refractivity contribution in [3.8, 4) is 0 Å². The van der Waals surface area contributed by atoms with E-state index in [0.717, 1.165) is 52.2 Å². The largest absolute Gasteiger partial charge is 0.462 e. The Bertz CT molecular complexity index is 1060. The molecule has 0 saturated heterocycles. The molecule has 0 spiro atoms. The summed E-state index contributed by atoms with van der Waals surface area (Å²) in [5.74, 6) is -0.961. The number of carbonyl (C=O) groups is 2. The molecule has 1 N–H and O–H groups in total. The fraction of sp³-hybridized carbons (Fsp3) is 0.429. The summed E-state index contributed by atoms with van der Waals surface area (Å²) in [5.41, 5.74) is 2.66. The molecule has 3 rings (SSSR count). The van der Waals surface area contributed by atoms with Crippen LogP contribution >= 0.6 is 11.3 Å². The van der Waals surface area contributed by atoms with Crippen molar-refractivity contribution in [1.29, 1.82) is 0 Å². The Morgan fingerprint density at radius 3 is 2.63 bits per heavy atom. The van der Waals surface area contributed by atoms with Gasteiger partial charge in [-0.3, -0.25) is 9.10 Å². The summed E-state index contributed by atoms with van der Waals surface area (Å²) in [6, 6.07) is 6.95. The Hall–Kier alpha value is -2.39. The number of anilines is 2. The quantitative estimate of drug-likeness (QED) is 0.652. The average Bonchev–Trinajstić information content (AvgIpc) is 3.03. The number of nitrogens with zero attached hydrogens (tertiary/aromatic N) is 1. The number of amides is 1. The zero-order valence-electron chi connectivity index (χ0n) is 17.4. The number of benzene rings is 1. The number of sulfonamides is 1. The van der Waals surface area contributed by atoms with E-state index in [-0.39, 0.29) is 13.2 Å². The third-order valence-corrected chi connectivity index (χ3v) is 7.23. The zero-order chi connectivity index (χ0) is 21.9. The van der Waals surface area contributed by atoms with Gasteiger partial charge in [0, 0.05) is 4.88 Å². The first-order valence-corrected chi connectivity index (χ1v) is 12.5. The average molecular weight is 451 g/mol. The number of thiophene rings is 1. The molecule has 1 aliphatic carbocycles. The van der Waals surface area contributed by atoms with Crippen LogP contribution in [-0.4, -0.2) is 39.7 Å². The number of ether oxygens (including phenoxy) is 1. The first kappa shape index (κ1) is 22.3. The molecule has 1 aliphatic rings. The molecule has 7 nitrogen and oxygen atoms in total. The highest BCUT2D eigenvalue weighted by Gasteiger charge is 2.28. The van der Waals surface area contributed by atoms with E-state index >= 15 is 0 Å². The minimum absolute atomic E-state index is 0.242. The number of rotatable bonds is 7. The fourth-order valence-electron chi connectivity index (χ4n) is 3.55. The molecule has 0 aliphatic heterocycles. The van der Waals surface area contributed by atoms with E-state index < -0.39 is 21.9 Å². The van der Waals surface area contributed by atoms with Crippen LogP contribution in [0.1, 0.15) is 46.1 Å². The standard InChI is InChI=1S/C21H26N2O5S2/c1-4-28-21(25)19-16-10-5-6-11-17(16)29-20(19)22-18(24)13-23(30(3,26)27)15-9-7-8-14(2)12-15/h7-9,12H,4-6,10-11,13H2,1-3H3,(H,22,24). The molecule has 2 aromatic rings. The van der Waals surface area contributed by atoms with E-state index in [0.29, 0.717) is 16.3 Å². The molecular weight excluding hydrogens is 424 g/mol. The van der Waals surface area contributed by atoms with Crippen molar-refractivity contribution < 1.29 is 22.7 Å². The van der Waals surface area contributed by atoms with Crippen LogP contribution in [0.5, 0.6) is 0 Å². The maximum Gasteiger partial charge on any atom is 0.341 e. The predicted octanol–water partition coefficient (Wildman–Crippen LogP) is 3.52. The maximum absolute atomic E-state index is 12.8. The van der Waals surface area contributed by atoms with Gasteiger partial charge in [0.2, 0.25) is 15.9 Å². The van der Waals surface area contributed by atoms with E-state index in [2.05, 4.69) is 5.32 Å². The molecule has 0 unspecified atom stereocenters. The van der Waals surface area contributed by atoms with E-state index in [1.807, 2.05) is 13.0 Å². The Balaban J connectivity index is 1.88. The van der Waals surface area contributed by atoms with Gasteiger partial charge in [0.25, 0.3) is 0 Å². The minimum Gasteiger partial charge on any atom is -0.462 e. The molecule has 30 heavy (non-hydrogen) atoms. The zero-order valence-corrected chi connectivity index (χ0v) is 19.0. The first-order valence-electron chi connectivity index (χ1n) is 9.86. The molecule has 0 fully saturated rings. The monoisotopic (exact) mass is 450 g/mol. The fourth-order valence-corrected chi connectivity index (χ4v) is 5.69. The summed E-state index contributed by atoms with van der Waals surface area (Å²) < 4.78 is 30.9. The van der Waals surface area contributed by atoms with Crippen LogP contribution in [0.4, 0.5) is 10.7 Å². The molecule has 1 heterocycles. The number of hydrogen-bond donors (Lipinski definition) is 1. The summed E-state index contributed by atoms with van der Waals surface area (Å²) in [5, 5.41) is 3.20. The highest BCUT2D eigenvalue weighted by molar-refractivity contribution is 7.92. The minimum atomic E-state index is -3.68. The van der Waals surface area contributed by atoms with Crippen LogP contribution in [0.2, 0.25) is 0 Å². The Morgan fingerprint density at radius 1 is 1.23 bits per heavy atom. The van der Waals surface area contributed by atoms with Crippen LogP contribution in [0, 0.1) is 6.92 Å². The van der Waals surface area contributed by atoms with Gasteiger partial charge in [-0.25, -0.2) is 13.2 Å². The molecule has 1 amide bonds. The van der Waals surface area contributed by atoms with E-state index in [4.69, 9.17) is 4.74 Å². The molecule has 0 radical (unpaired) electrons. The summed E-state index contributed by atoms with van der Waals surface area (Å²) in [6.45, 7) is 3.45. The van der Waals surface area contributed by atoms with Gasteiger partial charge in [0.1, 0.15) is 11.5 Å². The number of esters is 1. The van der Waals surface area contributed by atoms with E-state index in [1.165, 1.54) is 11.3 Å². The third-order valence-electron chi connectivity index (χ3n) is 4.88. The van der Waals surface area contributed by atoms with Crippen LogP contribution in [0.25, 0.3) is 0 Å². The van der Waals surface area contributed by atoms with E-state index in [1.54, 1.807) is 25.1 Å². The van der Waals surface area contributed by atoms with Crippen LogP contribution in [0.15, 0.2) is 24.3 Å². The summed E-state index contributed by atoms with van der Waals surface area (Å²) in [4.78, 5) is 26.4. The number of carbonyl (C=O) groups excluding carboxylic acids is 2. The second kappa shape index (κ2) is 9.18. The van der Waals surface area contributed by atoms with Gasteiger partial charge in [0.15, 0.2) is 0 Å². The summed E-state index contributed by atoms with van der Waals surface area (Å²) >= 11 is 1.38. The second-order valence-electron chi connectivity index (χ2n) is 7.29. The first-order chi connectivity index (χ1) is 14.2. The second-order valence-corrected chi connectivity index (χ2v) is 10.3. The van der Waals surface area contributed by atoms with Gasteiger partial charge >= 0.3 is 5.97 Å². The number of hydrogen-bond acceptors (Lipinski definition) is 6. The van der Waals surface area contributed by atoms with Crippen molar-refractivity contribution in [2.75, 3.05) is 29.0 Å². The highest BCUT2D eigenvalue weighted by atomic mass is 32.2. The topological polar surface area (TPSA) is 92.8 Å². The lowest BCUT2D eigenvalue weighted by Crippen LogP contribution is -2.37. The third kappa shape index (κ3) is 5.02. The van der Waals surface area contributed by atoms with Gasteiger partial charge in [-0.15, -0.1) is 11.3 Å². The number of fused-ring (bicyclic) bond motifs is 1. The van der Waals surface area contributed by atoms with Gasteiger partial charge < -0.3 is 10.1 Å². The van der Waals surface area contributed by atoms with Gasteiger partial charge in [-0.05, 0) is 62.8 Å². The summed E-state index contributed by atoms with van der Waals surface area (Å²) in [7, 11) is -3.68. The Kier molecular flexibility index (Phi) is 6.82. The lowest BCUT2D eigenvalue weighted by molar-refractivity contribution is -0.114. The van der Waals surface area contributed by atoms with E-state index in [9.17, 15) is 18.0 Å². The smallest absolute Gasteiger partial charge is 0.341 e. The highest BCUT2D eigenvalue weighted by Crippen LogP contribution is 2.38. The summed E-state index contributed by atoms with van der Waals surface area (Å²) in [6.07, 6.45) is 4.73. The number of nitrogens with one attached hydrogen (secondary N) is 1. The SMILES string of the molecule is CCOC(=O)c1c(NC(=O)CN(c2cccc(C)c2)S(C)(=O)=O)sc2c1CCCC2. The number of aryl methyl sites for hydroxylation is 2. The van der Waals surface area contributed by atoms with Crippen LogP contribution in [-0.2, 0) is 32.4 Å².